The number of hydrogen-bond acceptors (Lipinski definition) is 5. The minimum absolute atomic E-state index is 0.00150. The molecule has 1 heterocycles. The number of benzene rings is 2. The smallest absolute Gasteiger partial charge is 0.257 e. The molecule has 0 aliphatic heterocycles. The Bertz CT molecular complexity index is 1020. The minimum Gasteiger partial charge on any atom is -0.508 e. The second-order valence-corrected chi connectivity index (χ2v) is 7.44. The predicted molar refractivity (Wildman–Crippen MR) is 110 cm³/mol. The summed E-state index contributed by atoms with van der Waals surface area (Å²) in [7, 11) is 0. The molecular formula is C21H20FN3O3S. The number of aromatic hydroxyl groups is 1. The Morgan fingerprint density at radius 3 is 2.76 bits per heavy atom. The maximum atomic E-state index is 13.3. The summed E-state index contributed by atoms with van der Waals surface area (Å²) >= 11 is 1.21. The van der Waals surface area contributed by atoms with Gasteiger partial charge < -0.3 is 10.4 Å². The van der Waals surface area contributed by atoms with E-state index >= 15 is 0 Å². The number of phenols is 1. The molecule has 0 fully saturated rings. The molecule has 2 aromatic carbocycles. The zero-order valence-corrected chi connectivity index (χ0v) is 16.5. The monoisotopic (exact) mass is 413 g/mol. The number of halogens is 1. The lowest BCUT2D eigenvalue weighted by Crippen LogP contribution is -2.29. The van der Waals surface area contributed by atoms with Gasteiger partial charge in [0.15, 0.2) is 5.13 Å². The van der Waals surface area contributed by atoms with E-state index in [1.54, 1.807) is 23.6 Å². The van der Waals surface area contributed by atoms with E-state index in [4.69, 9.17) is 0 Å². The van der Waals surface area contributed by atoms with Crippen LogP contribution in [0.25, 0.3) is 0 Å². The zero-order chi connectivity index (χ0) is 20.8. The second kappa shape index (κ2) is 9.29. The maximum Gasteiger partial charge on any atom is 0.257 e. The van der Waals surface area contributed by atoms with Gasteiger partial charge in [-0.2, -0.15) is 0 Å². The molecule has 1 aromatic heterocycles. The highest BCUT2D eigenvalue weighted by atomic mass is 32.1. The molecule has 3 aromatic rings. The van der Waals surface area contributed by atoms with Crippen LogP contribution in [0.4, 0.5) is 9.52 Å². The molecule has 150 valence electrons. The Balaban J connectivity index is 1.50. The van der Waals surface area contributed by atoms with E-state index in [0.717, 1.165) is 5.56 Å². The van der Waals surface area contributed by atoms with Crippen molar-refractivity contribution in [3.63, 3.8) is 0 Å². The lowest BCUT2D eigenvalue weighted by Gasteiger charge is -2.13. The fraction of sp³-hybridized carbons (Fsp3) is 0.190. The van der Waals surface area contributed by atoms with Crippen LogP contribution in [0.3, 0.4) is 0 Å². The molecule has 2 amide bonds. The molecular weight excluding hydrogens is 393 g/mol. The summed E-state index contributed by atoms with van der Waals surface area (Å²) in [6.07, 6.45) is 0.0777. The van der Waals surface area contributed by atoms with Crippen LogP contribution in [-0.2, 0) is 11.2 Å². The third-order valence-electron chi connectivity index (χ3n) is 4.25. The van der Waals surface area contributed by atoms with Gasteiger partial charge in [-0.1, -0.05) is 25.1 Å². The van der Waals surface area contributed by atoms with Gasteiger partial charge in [0.05, 0.1) is 12.1 Å². The van der Waals surface area contributed by atoms with Gasteiger partial charge in [-0.25, -0.2) is 9.37 Å². The molecule has 0 saturated heterocycles. The number of carbonyl (C=O) groups excluding carboxylic acids is 2. The van der Waals surface area contributed by atoms with E-state index < -0.39 is 5.91 Å². The fourth-order valence-electron chi connectivity index (χ4n) is 2.69. The molecule has 6 nitrogen and oxygen atoms in total. The quantitative estimate of drug-likeness (QED) is 0.551. The van der Waals surface area contributed by atoms with Crippen LogP contribution in [-0.4, -0.2) is 28.4 Å². The van der Waals surface area contributed by atoms with Crippen LogP contribution in [0.1, 0.15) is 34.5 Å². The van der Waals surface area contributed by atoms with Gasteiger partial charge in [0.2, 0.25) is 5.91 Å². The number of amides is 2. The standard InChI is InChI=1S/C21H20FN3O3S/c1-13(14-4-2-6-16(22)8-14)11-23-19(27)10-17-12-29-21(24-17)25-20(28)15-5-3-7-18(26)9-15/h2-9,12-13,26H,10-11H2,1H3,(H,23,27)(H,24,25,28). The number of thiazole rings is 1. The Hall–Kier alpha value is -3.26. The van der Waals surface area contributed by atoms with Crippen molar-refractivity contribution >= 4 is 28.3 Å². The first-order valence-electron chi connectivity index (χ1n) is 8.97. The SMILES string of the molecule is CC(CNC(=O)Cc1csc(NC(=O)c2cccc(O)c2)n1)c1cccc(F)c1. The molecule has 0 radical (unpaired) electrons. The van der Waals surface area contributed by atoms with Crippen LogP contribution < -0.4 is 10.6 Å². The van der Waals surface area contributed by atoms with Gasteiger partial charge in [0, 0.05) is 17.5 Å². The number of phenolic OH excluding ortho intramolecular Hbond substituents is 1. The third-order valence-corrected chi connectivity index (χ3v) is 5.05. The summed E-state index contributed by atoms with van der Waals surface area (Å²) in [6.45, 7) is 2.29. The van der Waals surface area contributed by atoms with Gasteiger partial charge >= 0.3 is 0 Å². The number of carbonyl (C=O) groups is 2. The number of rotatable bonds is 7. The normalized spacial score (nSPS) is 11.7. The maximum absolute atomic E-state index is 13.3. The highest BCUT2D eigenvalue weighted by Crippen LogP contribution is 2.19. The van der Waals surface area contributed by atoms with Crippen molar-refractivity contribution in [1.29, 1.82) is 0 Å². The van der Waals surface area contributed by atoms with Crippen LogP contribution in [0.5, 0.6) is 5.75 Å². The van der Waals surface area contributed by atoms with Crippen molar-refractivity contribution in [1.82, 2.24) is 10.3 Å². The number of anilines is 1. The van der Waals surface area contributed by atoms with E-state index in [9.17, 15) is 19.1 Å². The summed E-state index contributed by atoms with van der Waals surface area (Å²) in [4.78, 5) is 28.6. The molecule has 1 unspecified atom stereocenters. The number of nitrogens with one attached hydrogen (secondary N) is 2. The van der Waals surface area contributed by atoms with Crippen molar-refractivity contribution < 1.29 is 19.1 Å². The molecule has 0 aliphatic carbocycles. The number of nitrogens with zero attached hydrogens (tertiary/aromatic N) is 1. The fourth-order valence-corrected chi connectivity index (χ4v) is 3.39. The van der Waals surface area contributed by atoms with Gasteiger partial charge in [0.25, 0.3) is 5.91 Å². The third kappa shape index (κ3) is 5.86. The largest absolute Gasteiger partial charge is 0.508 e. The first kappa shape index (κ1) is 20.5. The van der Waals surface area contributed by atoms with Crippen LogP contribution in [0.15, 0.2) is 53.9 Å². The van der Waals surface area contributed by atoms with Gasteiger partial charge in [-0.05, 0) is 41.8 Å². The van der Waals surface area contributed by atoms with Gasteiger partial charge in [0.1, 0.15) is 11.6 Å². The first-order chi connectivity index (χ1) is 13.9. The average molecular weight is 413 g/mol. The Kier molecular flexibility index (Phi) is 6.56. The van der Waals surface area contributed by atoms with Crippen molar-refractivity contribution in [2.75, 3.05) is 11.9 Å². The lowest BCUT2D eigenvalue weighted by atomic mass is 10.0. The highest BCUT2D eigenvalue weighted by molar-refractivity contribution is 7.14. The first-order valence-corrected chi connectivity index (χ1v) is 9.85. The van der Waals surface area contributed by atoms with Crippen molar-refractivity contribution in [2.45, 2.75) is 19.3 Å². The highest BCUT2D eigenvalue weighted by Gasteiger charge is 2.13. The molecule has 8 heteroatoms. The van der Waals surface area contributed by atoms with Crippen LogP contribution in [0, 0.1) is 5.82 Å². The summed E-state index contributed by atoms with van der Waals surface area (Å²) < 4.78 is 13.3. The van der Waals surface area contributed by atoms with E-state index in [1.165, 1.54) is 35.6 Å². The second-order valence-electron chi connectivity index (χ2n) is 6.59. The van der Waals surface area contributed by atoms with E-state index in [-0.39, 0.29) is 29.8 Å². The Morgan fingerprint density at radius 1 is 1.21 bits per heavy atom. The Morgan fingerprint density at radius 2 is 2.00 bits per heavy atom. The molecule has 0 bridgehead atoms. The summed E-state index contributed by atoms with van der Waals surface area (Å²) in [6, 6.07) is 12.3. The molecule has 0 saturated carbocycles. The van der Waals surface area contributed by atoms with Crippen LogP contribution >= 0.6 is 11.3 Å². The summed E-state index contributed by atoms with van der Waals surface area (Å²) in [5, 5.41) is 17.0. The topological polar surface area (TPSA) is 91.3 Å². The van der Waals surface area contributed by atoms with Gasteiger partial charge in [-0.15, -0.1) is 11.3 Å². The summed E-state index contributed by atoms with van der Waals surface area (Å²) in [5.74, 6) is -0.924. The molecule has 1 atom stereocenters. The van der Waals surface area contributed by atoms with Crippen molar-refractivity contribution in [3.05, 3.63) is 76.5 Å². The molecule has 0 aliphatic rings. The van der Waals surface area contributed by atoms with Gasteiger partial charge in [-0.3, -0.25) is 14.9 Å². The molecule has 3 N–H and O–H groups in total. The van der Waals surface area contributed by atoms with E-state index in [1.807, 2.05) is 13.0 Å². The minimum atomic E-state index is -0.393. The molecule has 3 rings (SSSR count). The van der Waals surface area contributed by atoms with Crippen molar-refractivity contribution in [3.8, 4) is 5.75 Å². The molecule has 29 heavy (non-hydrogen) atoms. The van der Waals surface area contributed by atoms with E-state index in [0.29, 0.717) is 22.9 Å². The average Bonchev–Trinajstić information content (AvgIpc) is 3.12. The van der Waals surface area contributed by atoms with E-state index in [2.05, 4.69) is 15.6 Å². The number of hydrogen-bond donors (Lipinski definition) is 3. The molecule has 0 spiro atoms. The summed E-state index contributed by atoms with van der Waals surface area (Å²) in [5.41, 5.74) is 1.67. The Labute approximate surface area is 171 Å². The zero-order valence-electron chi connectivity index (χ0n) is 15.7. The van der Waals surface area contributed by atoms with Crippen molar-refractivity contribution in [2.24, 2.45) is 0 Å². The number of aromatic nitrogens is 1. The lowest BCUT2D eigenvalue weighted by molar-refractivity contribution is -0.120. The van der Waals surface area contributed by atoms with Crippen LogP contribution in [0.2, 0.25) is 0 Å². The predicted octanol–water partition coefficient (Wildman–Crippen LogP) is 3.70.